The Balaban J connectivity index is 1.82. The van der Waals surface area contributed by atoms with Gasteiger partial charge in [0.25, 0.3) is 0 Å². The topological polar surface area (TPSA) is 21.3 Å². The van der Waals surface area contributed by atoms with Crippen LogP contribution in [0, 0.1) is 5.92 Å². The van der Waals surface area contributed by atoms with Gasteiger partial charge in [-0.25, -0.2) is 0 Å². The monoisotopic (exact) mass is 365 g/mol. The summed E-state index contributed by atoms with van der Waals surface area (Å²) in [5.41, 5.74) is 2.38. The Morgan fingerprint density at radius 3 is 2.48 bits per heavy atom. The molecule has 1 aliphatic carbocycles. The van der Waals surface area contributed by atoms with Crippen molar-refractivity contribution in [3.8, 4) is 5.75 Å². The average Bonchev–Trinajstić information content (AvgIpc) is 3.33. The SMILES string of the molecule is COc1ccc(C(Nc2ccc(Cl)c(Br)c2)C2CC2)cc1. The molecular weight excluding hydrogens is 350 g/mol. The van der Waals surface area contributed by atoms with Crippen molar-refractivity contribution >= 4 is 33.2 Å². The summed E-state index contributed by atoms with van der Waals surface area (Å²) in [4.78, 5) is 0. The molecule has 4 heteroatoms. The highest BCUT2D eigenvalue weighted by atomic mass is 79.9. The van der Waals surface area contributed by atoms with Crippen LogP contribution in [-0.2, 0) is 0 Å². The van der Waals surface area contributed by atoms with Crippen LogP contribution in [0.4, 0.5) is 5.69 Å². The first-order chi connectivity index (χ1) is 10.2. The molecule has 0 aromatic heterocycles. The molecule has 0 amide bonds. The second-order valence-corrected chi connectivity index (χ2v) is 6.62. The number of nitrogens with one attached hydrogen (secondary N) is 1. The van der Waals surface area contributed by atoms with Gasteiger partial charge in [0.05, 0.1) is 18.2 Å². The van der Waals surface area contributed by atoms with E-state index in [1.807, 2.05) is 30.3 Å². The summed E-state index contributed by atoms with van der Waals surface area (Å²) in [6, 6.07) is 14.6. The fraction of sp³-hybridized carbons (Fsp3) is 0.294. The lowest BCUT2D eigenvalue weighted by Crippen LogP contribution is -2.12. The van der Waals surface area contributed by atoms with Gasteiger partial charge >= 0.3 is 0 Å². The van der Waals surface area contributed by atoms with Gasteiger partial charge in [-0.1, -0.05) is 23.7 Å². The smallest absolute Gasteiger partial charge is 0.118 e. The molecule has 0 spiro atoms. The normalized spacial score (nSPS) is 15.6. The van der Waals surface area contributed by atoms with Crippen LogP contribution in [0.15, 0.2) is 46.9 Å². The van der Waals surface area contributed by atoms with Crippen molar-refractivity contribution in [3.63, 3.8) is 0 Å². The molecule has 3 rings (SSSR count). The van der Waals surface area contributed by atoms with Gasteiger partial charge in [-0.15, -0.1) is 0 Å². The van der Waals surface area contributed by atoms with Crippen LogP contribution in [0.5, 0.6) is 5.75 Å². The standard InChI is InChI=1S/C17H17BrClNO/c1-21-14-7-4-12(5-8-14)17(11-2-3-11)20-13-6-9-16(19)15(18)10-13/h4-11,17,20H,2-3H2,1H3. The van der Waals surface area contributed by atoms with E-state index in [2.05, 4.69) is 33.4 Å². The van der Waals surface area contributed by atoms with Gasteiger partial charge in [0.1, 0.15) is 5.75 Å². The van der Waals surface area contributed by atoms with Gasteiger partial charge < -0.3 is 10.1 Å². The van der Waals surface area contributed by atoms with E-state index in [1.165, 1.54) is 18.4 Å². The van der Waals surface area contributed by atoms with E-state index < -0.39 is 0 Å². The average molecular weight is 367 g/mol. The molecule has 2 nitrogen and oxygen atoms in total. The minimum Gasteiger partial charge on any atom is -0.497 e. The van der Waals surface area contributed by atoms with Crippen molar-refractivity contribution < 1.29 is 4.74 Å². The second-order valence-electron chi connectivity index (χ2n) is 5.36. The fourth-order valence-electron chi connectivity index (χ4n) is 2.48. The van der Waals surface area contributed by atoms with Crippen molar-refractivity contribution in [2.45, 2.75) is 18.9 Å². The molecule has 0 saturated heterocycles. The largest absolute Gasteiger partial charge is 0.497 e. The lowest BCUT2D eigenvalue weighted by molar-refractivity contribution is 0.414. The summed E-state index contributed by atoms with van der Waals surface area (Å²) in [5.74, 6) is 1.59. The van der Waals surface area contributed by atoms with Crippen LogP contribution in [0.2, 0.25) is 5.02 Å². The van der Waals surface area contributed by atoms with E-state index in [0.717, 1.165) is 20.9 Å². The van der Waals surface area contributed by atoms with E-state index in [1.54, 1.807) is 7.11 Å². The van der Waals surface area contributed by atoms with E-state index >= 15 is 0 Å². The minimum atomic E-state index is 0.337. The van der Waals surface area contributed by atoms with Gasteiger partial charge in [-0.2, -0.15) is 0 Å². The molecule has 0 radical (unpaired) electrons. The van der Waals surface area contributed by atoms with Crippen LogP contribution in [-0.4, -0.2) is 7.11 Å². The van der Waals surface area contributed by atoms with E-state index in [0.29, 0.717) is 12.0 Å². The number of methoxy groups -OCH3 is 1. The molecule has 21 heavy (non-hydrogen) atoms. The highest BCUT2D eigenvalue weighted by molar-refractivity contribution is 9.10. The highest BCUT2D eigenvalue weighted by Gasteiger charge is 2.32. The summed E-state index contributed by atoms with van der Waals surface area (Å²) in [6.07, 6.45) is 2.55. The first-order valence-corrected chi connectivity index (χ1v) is 8.20. The Labute approximate surface area is 138 Å². The molecule has 0 heterocycles. The maximum absolute atomic E-state index is 6.05. The molecule has 0 aliphatic heterocycles. The zero-order valence-corrected chi connectivity index (χ0v) is 14.1. The molecule has 1 N–H and O–H groups in total. The van der Waals surface area contributed by atoms with Crippen LogP contribution >= 0.6 is 27.5 Å². The Morgan fingerprint density at radius 1 is 1.19 bits per heavy atom. The van der Waals surface area contributed by atoms with Gasteiger partial charge in [0.2, 0.25) is 0 Å². The Hall–Kier alpha value is -1.19. The Morgan fingerprint density at radius 2 is 1.90 bits per heavy atom. The van der Waals surface area contributed by atoms with Crippen LogP contribution < -0.4 is 10.1 Å². The number of halogens is 2. The van der Waals surface area contributed by atoms with Gasteiger partial charge in [-0.3, -0.25) is 0 Å². The zero-order chi connectivity index (χ0) is 14.8. The molecule has 1 atom stereocenters. The summed E-state index contributed by atoms with van der Waals surface area (Å²) in [6.45, 7) is 0. The number of rotatable bonds is 5. The third-order valence-electron chi connectivity index (χ3n) is 3.81. The lowest BCUT2D eigenvalue weighted by Gasteiger charge is -2.21. The molecular formula is C17H17BrClNO. The van der Waals surface area contributed by atoms with Crippen LogP contribution in [0.3, 0.4) is 0 Å². The molecule has 1 saturated carbocycles. The molecule has 0 bridgehead atoms. The number of hydrogen-bond donors (Lipinski definition) is 1. The van der Waals surface area contributed by atoms with Gasteiger partial charge in [0, 0.05) is 10.2 Å². The van der Waals surface area contributed by atoms with E-state index in [9.17, 15) is 0 Å². The number of ether oxygens (including phenoxy) is 1. The third kappa shape index (κ3) is 3.53. The van der Waals surface area contributed by atoms with Crippen LogP contribution in [0.25, 0.3) is 0 Å². The van der Waals surface area contributed by atoms with Gasteiger partial charge in [0.15, 0.2) is 0 Å². The van der Waals surface area contributed by atoms with Crippen molar-refractivity contribution in [2.75, 3.05) is 12.4 Å². The molecule has 2 aromatic carbocycles. The van der Waals surface area contributed by atoms with Crippen molar-refractivity contribution in [1.82, 2.24) is 0 Å². The molecule has 1 fully saturated rings. The minimum absolute atomic E-state index is 0.337. The quantitative estimate of drug-likeness (QED) is 0.735. The first kappa shape index (κ1) is 14.7. The summed E-state index contributed by atoms with van der Waals surface area (Å²) >= 11 is 9.53. The summed E-state index contributed by atoms with van der Waals surface area (Å²) < 4.78 is 6.15. The number of benzene rings is 2. The second kappa shape index (κ2) is 6.29. The number of hydrogen-bond acceptors (Lipinski definition) is 2. The first-order valence-electron chi connectivity index (χ1n) is 7.03. The van der Waals surface area contributed by atoms with Crippen LogP contribution in [0.1, 0.15) is 24.4 Å². The summed E-state index contributed by atoms with van der Waals surface area (Å²) in [7, 11) is 1.69. The van der Waals surface area contributed by atoms with Crippen molar-refractivity contribution in [3.05, 3.63) is 57.5 Å². The summed E-state index contributed by atoms with van der Waals surface area (Å²) in [5, 5.41) is 4.36. The predicted molar refractivity (Wildman–Crippen MR) is 91.2 cm³/mol. The van der Waals surface area contributed by atoms with Gasteiger partial charge in [-0.05, 0) is 70.6 Å². The molecule has 1 aliphatic rings. The third-order valence-corrected chi connectivity index (χ3v) is 5.02. The molecule has 2 aromatic rings. The maximum Gasteiger partial charge on any atom is 0.118 e. The predicted octanol–water partition coefficient (Wildman–Crippen LogP) is 5.67. The van der Waals surface area contributed by atoms with Crippen molar-refractivity contribution in [2.24, 2.45) is 5.92 Å². The molecule has 110 valence electrons. The zero-order valence-electron chi connectivity index (χ0n) is 11.8. The fourth-order valence-corrected chi connectivity index (χ4v) is 2.98. The molecule has 1 unspecified atom stereocenters. The Kier molecular flexibility index (Phi) is 4.41. The maximum atomic E-state index is 6.05. The lowest BCUT2D eigenvalue weighted by atomic mass is 10.0. The highest BCUT2D eigenvalue weighted by Crippen LogP contribution is 2.43. The van der Waals surface area contributed by atoms with E-state index in [4.69, 9.17) is 16.3 Å². The van der Waals surface area contributed by atoms with E-state index in [-0.39, 0.29) is 0 Å². The number of anilines is 1. The Bertz CT molecular complexity index is 625. The van der Waals surface area contributed by atoms with Crippen molar-refractivity contribution in [1.29, 1.82) is 0 Å².